The normalized spacial score (nSPS) is 10.1. The summed E-state index contributed by atoms with van der Waals surface area (Å²) < 4.78 is 9.51. The van der Waals surface area contributed by atoms with Crippen LogP contribution in [0.25, 0.3) is 0 Å². The first-order valence-corrected chi connectivity index (χ1v) is 4.91. The summed E-state index contributed by atoms with van der Waals surface area (Å²) in [5.74, 6) is -1.33. The summed E-state index contributed by atoms with van der Waals surface area (Å²) in [6.07, 6.45) is -1.29. The average molecular weight is 239 g/mol. The Morgan fingerprint density at radius 2 is 2.00 bits per heavy atom. The highest BCUT2D eigenvalue weighted by atomic mass is 16.7. The summed E-state index contributed by atoms with van der Waals surface area (Å²) in [5.41, 5.74) is 5.52. The smallest absolute Gasteiger partial charge is 0.478 e. The molecule has 0 aliphatic heterocycles. The van der Waals surface area contributed by atoms with Crippen molar-refractivity contribution in [3.63, 3.8) is 0 Å². The van der Waals surface area contributed by atoms with Crippen LogP contribution in [0.5, 0.6) is 5.75 Å². The lowest BCUT2D eigenvalue weighted by molar-refractivity contribution is 0.0670. The SMILES string of the molecule is CC(C)OC(=O)Oc1ccc(N)cc1C(=O)O. The minimum atomic E-state index is -1.23. The number of hydrogen-bond donors (Lipinski definition) is 2. The first-order valence-electron chi connectivity index (χ1n) is 4.91. The summed E-state index contributed by atoms with van der Waals surface area (Å²) >= 11 is 0. The van der Waals surface area contributed by atoms with E-state index in [4.69, 9.17) is 20.3 Å². The highest BCUT2D eigenvalue weighted by Gasteiger charge is 2.16. The van der Waals surface area contributed by atoms with E-state index in [9.17, 15) is 9.59 Å². The summed E-state index contributed by atoms with van der Waals surface area (Å²) in [7, 11) is 0. The number of carboxylic acid groups (broad SMARTS) is 1. The molecule has 0 aliphatic rings. The van der Waals surface area contributed by atoms with E-state index < -0.39 is 12.1 Å². The van der Waals surface area contributed by atoms with Gasteiger partial charge in [0.1, 0.15) is 11.3 Å². The molecule has 92 valence electrons. The van der Waals surface area contributed by atoms with E-state index in [-0.39, 0.29) is 23.1 Å². The largest absolute Gasteiger partial charge is 0.514 e. The van der Waals surface area contributed by atoms with Crippen molar-refractivity contribution in [2.24, 2.45) is 0 Å². The van der Waals surface area contributed by atoms with Gasteiger partial charge in [0.15, 0.2) is 0 Å². The fourth-order valence-corrected chi connectivity index (χ4v) is 1.11. The lowest BCUT2D eigenvalue weighted by Crippen LogP contribution is -2.17. The molecule has 0 bridgehead atoms. The zero-order chi connectivity index (χ0) is 13.0. The third-order valence-corrected chi connectivity index (χ3v) is 1.76. The zero-order valence-corrected chi connectivity index (χ0v) is 9.47. The van der Waals surface area contributed by atoms with Crippen molar-refractivity contribution in [3.05, 3.63) is 23.8 Å². The van der Waals surface area contributed by atoms with Crippen molar-refractivity contribution >= 4 is 17.8 Å². The second-order valence-electron chi connectivity index (χ2n) is 3.58. The average Bonchev–Trinajstić information content (AvgIpc) is 2.19. The van der Waals surface area contributed by atoms with Crippen molar-refractivity contribution in [2.45, 2.75) is 20.0 Å². The van der Waals surface area contributed by atoms with E-state index in [2.05, 4.69) is 0 Å². The van der Waals surface area contributed by atoms with Gasteiger partial charge in [0.2, 0.25) is 0 Å². The zero-order valence-electron chi connectivity index (χ0n) is 9.47. The molecule has 0 aromatic heterocycles. The van der Waals surface area contributed by atoms with Gasteiger partial charge in [-0.3, -0.25) is 0 Å². The minimum absolute atomic E-state index is 0.0997. The maximum atomic E-state index is 11.2. The van der Waals surface area contributed by atoms with E-state index in [0.29, 0.717) is 0 Å². The molecule has 0 fully saturated rings. The Kier molecular flexibility index (Phi) is 3.92. The van der Waals surface area contributed by atoms with Crippen molar-refractivity contribution in [1.82, 2.24) is 0 Å². The van der Waals surface area contributed by atoms with Crippen molar-refractivity contribution in [3.8, 4) is 5.75 Å². The number of benzene rings is 1. The van der Waals surface area contributed by atoms with E-state index >= 15 is 0 Å². The van der Waals surface area contributed by atoms with Gasteiger partial charge in [-0.15, -0.1) is 0 Å². The van der Waals surface area contributed by atoms with E-state index in [0.717, 1.165) is 0 Å². The van der Waals surface area contributed by atoms with E-state index in [1.54, 1.807) is 13.8 Å². The van der Waals surface area contributed by atoms with Gasteiger partial charge in [-0.1, -0.05) is 0 Å². The van der Waals surface area contributed by atoms with Crippen LogP contribution < -0.4 is 10.5 Å². The number of ether oxygens (including phenoxy) is 2. The Morgan fingerprint density at radius 1 is 1.35 bits per heavy atom. The fourth-order valence-electron chi connectivity index (χ4n) is 1.11. The van der Waals surface area contributed by atoms with Crippen LogP contribution in [0.4, 0.5) is 10.5 Å². The molecule has 6 heteroatoms. The molecule has 17 heavy (non-hydrogen) atoms. The second-order valence-corrected chi connectivity index (χ2v) is 3.58. The molecule has 0 amide bonds. The van der Waals surface area contributed by atoms with Crippen LogP contribution in [0.2, 0.25) is 0 Å². The van der Waals surface area contributed by atoms with Crippen molar-refractivity contribution in [2.75, 3.05) is 5.73 Å². The highest BCUT2D eigenvalue weighted by molar-refractivity contribution is 5.92. The molecule has 0 saturated carbocycles. The number of carboxylic acids is 1. The lowest BCUT2D eigenvalue weighted by Gasteiger charge is -2.10. The molecule has 1 aromatic rings. The van der Waals surface area contributed by atoms with Gasteiger partial charge in [-0.2, -0.15) is 0 Å². The molecule has 1 rings (SSSR count). The Hall–Kier alpha value is -2.24. The van der Waals surface area contributed by atoms with Crippen LogP contribution in [-0.4, -0.2) is 23.3 Å². The molecule has 1 aromatic carbocycles. The van der Waals surface area contributed by atoms with Gasteiger partial charge in [-0.25, -0.2) is 9.59 Å². The monoisotopic (exact) mass is 239 g/mol. The molecule has 0 saturated heterocycles. The van der Waals surface area contributed by atoms with Gasteiger partial charge >= 0.3 is 12.1 Å². The van der Waals surface area contributed by atoms with Gasteiger partial charge in [0.05, 0.1) is 6.10 Å². The molecule has 0 spiro atoms. The number of anilines is 1. The number of aromatic carboxylic acids is 1. The molecule has 0 unspecified atom stereocenters. The molecular formula is C11H13NO5. The number of nitrogen functional groups attached to an aromatic ring is 1. The van der Waals surface area contributed by atoms with Crippen LogP contribution in [0, 0.1) is 0 Å². The third kappa shape index (κ3) is 3.67. The summed E-state index contributed by atoms with van der Waals surface area (Å²) in [6.45, 7) is 3.31. The molecule has 0 heterocycles. The van der Waals surface area contributed by atoms with Gasteiger partial charge in [0, 0.05) is 5.69 Å². The van der Waals surface area contributed by atoms with Crippen LogP contribution in [-0.2, 0) is 4.74 Å². The summed E-state index contributed by atoms with van der Waals surface area (Å²) in [5, 5.41) is 8.90. The van der Waals surface area contributed by atoms with Crippen LogP contribution in [0.15, 0.2) is 18.2 Å². The fraction of sp³-hybridized carbons (Fsp3) is 0.273. The van der Waals surface area contributed by atoms with Crippen molar-refractivity contribution < 1.29 is 24.2 Å². The van der Waals surface area contributed by atoms with Gasteiger partial charge in [-0.05, 0) is 32.0 Å². The molecule has 0 atom stereocenters. The molecule has 6 nitrogen and oxygen atoms in total. The Bertz CT molecular complexity index is 441. The number of carbonyl (C=O) groups is 2. The Morgan fingerprint density at radius 3 is 2.53 bits per heavy atom. The first kappa shape index (κ1) is 12.8. The molecular weight excluding hydrogens is 226 g/mol. The first-order chi connectivity index (χ1) is 7.90. The minimum Gasteiger partial charge on any atom is -0.478 e. The predicted molar refractivity (Wildman–Crippen MR) is 60.1 cm³/mol. The molecule has 0 aliphatic carbocycles. The lowest BCUT2D eigenvalue weighted by atomic mass is 10.2. The third-order valence-electron chi connectivity index (χ3n) is 1.76. The summed E-state index contributed by atoms with van der Waals surface area (Å²) in [4.78, 5) is 22.1. The van der Waals surface area contributed by atoms with Crippen LogP contribution >= 0.6 is 0 Å². The number of rotatable bonds is 3. The maximum Gasteiger partial charge on any atom is 0.514 e. The standard InChI is InChI=1S/C11H13NO5/c1-6(2)16-11(15)17-9-4-3-7(12)5-8(9)10(13)14/h3-6H,12H2,1-2H3,(H,13,14). The van der Waals surface area contributed by atoms with Crippen LogP contribution in [0.3, 0.4) is 0 Å². The molecule has 0 radical (unpaired) electrons. The second kappa shape index (κ2) is 5.20. The molecule has 3 N–H and O–H groups in total. The van der Waals surface area contributed by atoms with E-state index in [1.165, 1.54) is 18.2 Å². The van der Waals surface area contributed by atoms with E-state index in [1.807, 2.05) is 0 Å². The number of hydrogen-bond acceptors (Lipinski definition) is 5. The Balaban J connectivity index is 2.91. The summed E-state index contributed by atoms with van der Waals surface area (Å²) in [6, 6.07) is 3.95. The predicted octanol–water partition coefficient (Wildman–Crippen LogP) is 1.89. The Labute approximate surface area is 97.9 Å². The number of nitrogens with two attached hydrogens (primary N) is 1. The number of carbonyl (C=O) groups excluding carboxylic acids is 1. The van der Waals surface area contributed by atoms with Gasteiger partial charge in [0.25, 0.3) is 0 Å². The van der Waals surface area contributed by atoms with Gasteiger partial charge < -0.3 is 20.3 Å². The van der Waals surface area contributed by atoms with Crippen molar-refractivity contribution in [1.29, 1.82) is 0 Å². The highest BCUT2D eigenvalue weighted by Crippen LogP contribution is 2.22. The van der Waals surface area contributed by atoms with Crippen LogP contribution in [0.1, 0.15) is 24.2 Å². The quantitative estimate of drug-likeness (QED) is 0.474. The topological polar surface area (TPSA) is 98.9 Å². The maximum absolute atomic E-state index is 11.2.